The van der Waals surface area contributed by atoms with Gasteiger partial charge in [0.25, 0.3) is 0 Å². The Labute approximate surface area is 97.0 Å². The predicted octanol–water partition coefficient (Wildman–Crippen LogP) is 0.502. The van der Waals surface area contributed by atoms with Crippen LogP contribution in [0.25, 0.3) is 0 Å². The molecule has 1 aliphatic heterocycles. The molecule has 0 spiro atoms. The SMILES string of the molecule is O=C(CCCO)NC1CCN(C2CC2)CC1. The summed E-state index contributed by atoms with van der Waals surface area (Å²) in [6.45, 7) is 2.37. The Hall–Kier alpha value is -0.610. The van der Waals surface area contributed by atoms with Crippen LogP contribution in [-0.4, -0.2) is 47.7 Å². The van der Waals surface area contributed by atoms with Gasteiger partial charge in [-0.2, -0.15) is 0 Å². The number of carbonyl (C=O) groups is 1. The molecule has 4 nitrogen and oxygen atoms in total. The standard InChI is InChI=1S/C12H22N2O2/c15-9-1-2-12(16)13-10-5-7-14(8-6-10)11-3-4-11/h10-11,15H,1-9H2,(H,13,16). The maximum Gasteiger partial charge on any atom is 0.220 e. The topological polar surface area (TPSA) is 52.6 Å². The van der Waals surface area contributed by atoms with Gasteiger partial charge in [0.15, 0.2) is 0 Å². The molecule has 2 N–H and O–H groups in total. The van der Waals surface area contributed by atoms with E-state index in [9.17, 15) is 4.79 Å². The van der Waals surface area contributed by atoms with Crippen LogP contribution >= 0.6 is 0 Å². The predicted molar refractivity (Wildman–Crippen MR) is 62.1 cm³/mol. The number of carbonyl (C=O) groups excluding carboxylic acids is 1. The average molecular weight is 226 g/mol. The number of aliphatic hydroxyl groups is 1. The molecule has 0 aromatic carbocycles. The van der Waals surface area contributed by atoms with E-state index >= 15 is 0 Å². The number of likely N-dealkylation sites (tertiary alicyclic amines) is 1. The second-order valence-electron chi connectivity index (χ2n) is 4.94. The molecule has 2 fully saturated rings. The molecule has 0 atom stereocenters. The molecule has 0 aromatic heterocycles. The van der Waals surface area contributed by atoms with Gasteiger partial charge in [0.1, 0.15) is 0 Å². The fraction of sp³-hybridized carbons (Fsp3) is 0.917. The van der Waals surface area contributed by atoms with E-state index in [2.05, 4.69) is 10.2 Å². The van der Waals surface area contributed by atoms with Crippen molar-refractivity contribution in [1.82, 2.24) is 10.2 Å². The summed E-state index contributed by atoms with van der Waals surface area (Å²) in [7, 11) is 0. The largest absolute Gasteiger partial charge is 0.396 e. The summed E-state index contributed by atoms with van der Waals surface area (Å²) in [6, 6.07) is 1.22. The monoisotopic (exact) mass is 226 g/mol. The van der Waals surface area contributed by atoms with Gasteiger partial charge in [0, 0.05) is 38.2 Å². The maximum atomic E-state index is 11.5. The van der Waals surface area contributed by atoms with E-state index < -0.39 is 0 Å². The van der Waals surface area contributed by atoms with Gasteiger partial charge in [-0.15, -0.1) is 0 Å². The van der Waals surface area contributed by atoms with Gasteiger partial charge in [0.2, 0.25) is 5.91 Å². The van der Waals surface area contributed by atoms with Crippen molar-refractivity contribution < 1.29 is 9.90 Å². The van der Waals surface area contributed by atoms with Crippen LogP contribution in [0.2, 0.25) is 0 Å². The van der Waals surface area contributed by atoms with Gasteiger partial charge in [-0.1, -0.05) is 0 Å². The van der Waals surface area contributed by atoms with Crippen molar-refractivity contribution in [2.24, 2.45) is 0 Å². The zero-order valence-electron chi connectivity index (χ0n) is 9.82. The first-order valence-electron chi connectivity index (χ1n) is 6.44. The van der Waals surface area contributed by atoms with Crippen molar-refractivity contribution in [2.45, 2.75) is 50.6 Å². The summed E-state index contributed by atoms with van der Waals surface area (Å²) in [5, 5.41) is 11.7. The third kappa shape index (κ3) is 3.46. The second kappa shape index (κ2) is 5.64. The molecule has 4 heteroatoms. The number of aliphatic hydroxyl groups excluding tert-OH is 1. The van der Waals surface area contributed by atoms with Crippen LogP contribution in [0.15, 0.2) is 0 Å². The first-order valence-corrected chi connectivity index (χ1v) is 6.44. The average Bonchev–Trinajstić information content (AvgIpc) is 3.11. The molecule has 0 aromatic rings. The lowest BCUT2D eigenvalue weighted by Gasteiger charge is -2.32. The molecule has 1 amide bonds. The molecular formula is C12H22N2O2. The highest BCUT2D eigenvalue weighted by Gasteiger charge is 2.31. The molecule has 1 saturated carbocycles. The zero-order valence-corrected chi connectivity index (χ0v) is 9.82. The van der Waals surface area contributed by atoms with Crippen molar-refractivity contribution in [3.63, 3.8) is 0 Å². The Morgan fingerprint density at radius 2 is 1.94 bits per heavy atom. The molecule has 0 bridgehead atoms. The summed E-state index contributed by atoms with van der Waals surface area (Å²) in [6.07, 6.45) is 5.94. The zero-order chi connectivity index (χ0) is 11.4. The molecule has 92 valence electrons. The summed E-state index contributed by atoms with van der Waals surface area (Å²) in [5.41, 5.74) is 0. The first kappa shape index (κ1) is 11.9. The number of nitrogens with one attached hydrogen (secondary N) is 1. The Morgan fingerprint density at radius 1 is 1.25 bits per heavy atom. The number of nitrogens with zero attached hydrogens (tertiary/aromatic N) is 1. The van der Waals surface area contributed by atoms with Crippen molar-refractivity contribution in [2.75, 3.05) is 19.7 Å². The molecule has 2 rings (SSSR count). The van der Waals surface area contributed by atoms with Crippen LogP contribution in [0.3, 0.4) is 0 Å². The van der Waals surface area contributed by atoms with Crippen LogP contribution < -0.4 is 5.32 Å². The minimum atomic E-state index is 0.0962. The highest BCUT2D eigenvalue weighted by atomic mass is 16.3. The van der Waals surface area contributed by atoms with Crippen molar-refractivity contribution in [1.29, 1.82) is 0 Å². The van der Waals surface area contributed by atoms with E-state index in [1.54, 1.807) is 0 Å². The summed E-state index contributed by atoms with van der Waals surface area (Å²) in [4.78, 5) is 14.0. The van der Waals surface area contributed by atoms with E-state index in [0.717, 1.165) is 32.0 Å². The Morgan fingerprint density at radius 3 is 2.50 bits per heavy atom. The summed E-state index contributed by atoms with van der Waals surface area (Å²) < 4.78 is 0. The minimum absolute atomic E-state index is 0.0962. The van der Waals surface area contributed by atoms with Gasteiger partial charge >= 0.3 is 0 Å². The van der Waals surface area contributed by atoms with Crippen molar-refractivity contribution in [3.05, 3.63) is 0 Å². The summed E-state index contributed by atoms with van der Waals surface area (Å²) in [5.74, 6) is 0.0962. The van der Waals surface area contributed by atoms with Crippen LogP contribution in [0.5, 0.6) is 0 Å². The third-order valence-electron chi connectivity index (χ3n) is 3.52. The van der Waals surface area contributed by atoms with Gasteiger partial charge in [-0.05, 0) is 32.1 Å². The van der Waals surface area contributed by atoms with E-state index in [1.807, 2.05) is 0 Å². The highest BCUT2D eigenvalue weighted by molar-refractivity contribution is 5.76. The molecule has 16 heavy (non-hydrogen) atoms. The lowest BCUT2D eigenvalue weighted by atomic mass is 10.0. The summed E-state index contributed by atoms with van der Waals surface area (Å²) >= 11 is 0. The fourth-order valence-corrected chi connectivity index (χ4v) is 2.39. The smallest absolute Gasteiger partial charge is 0.220 e. The number of hydrogen-bond acceptors (Lipinski definition) is 3. The van der Waals surface area contributed by atoms with Gasteiger partial charge in [-0.25, -0.2) is 0 Å². The van der Waals surface area contributed by atoms with E-state index in [1.165, 1.54) is 12.8 Å². The van der Waals surface area contributed by atoms with Gasteiger partial charge in [-0.3, -0.25) is 4.79 Å². The molecule has 1 saturated heterocycles. The van der Waals surface area contributed by atoms with Gasteiger partial charge in [0.05, 0.1) is 0 Å². The Kier molecular flexibility index (Phi) is 4.18. The molecule has 1 heterocycles. The van der Waals surface area contributed by atoms with Crippen molar-refractivity contribution >= 4 is 5.91 Å². The van der Waals surface area contributed by atoms with Crippen LogP contribution in [0, 0.1) is 0 Å². The van der Waals surface area contributed by atoms with Gasteiger partial charge < -0.3 is 15.3 Å². The molecule has 2 aliphatic rings. The van der Waals surface area contributed by atoms with Crippen LogP contribution in [-0.2, 0) is 4.79 Å². The number of amides is 1. The fourth-order valence-electron chi connectivity index (χ4n) is 2.39. The molecular weight excluding hydrogens is 204 g/mol. The van der Waals surface area contributed by atoms with E-state index in [4.69, 9.17) is 5.11 Å². The Balaban J connectivity index is 1.62. The van der Waals surface area contributed by atoms with Crippen LogP contribution in [0.4, 0.5) is 0 Å². The normalized spacial score (nSPS) is 23.3. The first-order chi connectivity index (χ1) is 7.79. The van der Waals surface area contributed by atoms with E-state index in [-0.39, 0.29) is 12.5 Å². The molecule has 1 aliphatic carbocycles. The Bertz CT molecular complexity index is 233. The maximum absolute atomic E-state index is 11.5. The number of piperidine rings is 1. The van der Waals surface area contributed by atoms with Crippen LogP contribution in [0.1, 0.15) is 38.5 Å². The minimum Gasteiger partial charge on any atom is -0.396 e. The number of rotatable bonds is 5. The lowest BCUT2D eigenvalue weighted by Crippen LogP contribution is -2.45. The quantitative estimate of drug-likeness (QED) is 0.718. The van der Waals surface area contributed by atoms with Crippen molar-refractivity contribution in [3.8, 4) is 0 Å². The number of hydrogen-bond donors (Lipinski definition) is 2. The lowest BCUT2D eigenvalue weighted by molar-refractivity contribution is -0.122. The molecule has 0 unspecified atom stereocenters. The molecule has 0 radical (unpaired) electrons. The second-order valence-corrected chi connectivity index (χ2v) is 4.94. The third-order valence-corrected chi connectivity index (χ3v) is 3.52. The highest BCUT2D eigenvalue weighted by Crippen LogP contribution is 2.29. The van der Waals surface area contributed by atoms with E-state index in [0.29, 0.717) is 18.9 Å².